The van der Waals surface area contributed by atoms with Gasteiger partial charge in [0.25, 0.3) is 5.69 Å². The van der Waals surface area contributed by atoms with Gasteiger partial charge in [-0.05, 0) is 12.5 Å². The maximum Gasteiger partial charge on any atom is 0.271 e. The van der Waals surface area contributed by atoms with Gasteiger partial charge in [-0.2, -0.15) is 0 Å². The highest BCUT2D eigenvalue weighted by atomic mass is 35.5. The Balaban J connectivity index is 2.72. The first-order valence-corrected chi connectivity index (χ1v) is 6.34. The number of rotatable bonds is 6. The van der Waals surface area contributed by atoms with E-state index in [1.165, 1.54) is 18.2 Å². The van der Waals surface area contributed by atoms with Gasteiger partial charge in [-0.15, -0.1) is 0 Å². The van der Waals surface area contributed by atoms with E-state index in [-0.39, 0.29) is 16.6 Å². The van der Waals surface area contributed by atoms with Gasteiger partial charge in [0.15, 0.2) is 0 Å². The predicted molar refractivity (Wildman–Crippen MR) is 74.2 cm³/mol. The molecule has 0 bridgehead atoms. The Kier molecular flexibility index (Phi) is 5.72. The lowest BCUT2D eigenvalue weighted by Gasteiger charge is -2.12. The van der Waals surface area contributed by atoms with Crippen molar-refractivity contribution in [2.45, 2.75) is 32.2 Å². The molecule has 0 aliphatic rings. The maximum atomic E-state index is 11.8. The minimum absolute atomic E-state index is 0.116. The van der Waals surface area contributed by atoms with Crippen LogP contribution in [0.2, 0.25) is 5.02 Å². The summed E-state index contributed by atoms with van der Waals surface area (Å²) in [7, 11) is 0. The van der Waals surface area contributed by atoms with Crippen LogP contribution in [0.3, 0.4) is 0 Å². The van der Waals surface area contributed by atoms with Crippen molar-refractivity contribution in [1.82, 2.24) is 0 Å². The quantitative estimate of drug-likeness (QED) is 0.620. The summed E-state index contributed by atoms with van der Waals surface area (Å²) in [4.78, 5) is 21.8. The molecule has 0 aromatic heterocycles. The first-order chi connectivity index (χ1) is 8.95. The molecular formula is C12H16ClN3O3. The highest BCUT2D eigenvalue weighted by Crippen LogP contribution is 2.26. The van der Waals surface area contributed by atoms with Crippen molar-refractivity contribution in [2.75, 3.05) is 5.32 Å². The molecule has 104 valence electrons. The summed E-state index contributed by atoms with van der Waals surface area (Å²) < 4.78 is 0. The van der Waals surface area contributed by atoms with E-state index >= 15 is 0 Å². The smallest absolute Gasteiger partial charge is 0.271 e. The Hall–Kier alpha value is -1.66. The number of hydrogen-bond acceptors (Lipinski definition) is 4. The molecule has 1 rings (SSSR count). The van der Waals surface area contributed by atoms with Crippen LogP contribution in [0.15, 0.2) is 18.2 Å². The van der Waals surface area contributed by atoms with Crippen LogP contribution >= 0.6 is 11.6 Å². The van der Waals surface area contributed by atoms with Gasteiger partial charge in [-0.1, -0.05) is 31.4 Å². The van der Waals surface area contributed by atoms with E-state index in [1.807, 2.05) is 6.92 Å². The fourth-order valence-corrected chi connectivity index (χ4v) is 1.72. The van der Waals surface area contributed by atoms with E-state index in [4.69, 9.17) is 17.3 Å². The summed E-state index contributed by atoms with van der Waals surface area (Å²) in [6, 6.07) is 3.25. The summed E-state index contributed by atoms with van der Waals surface area (Å²) in [6.07, 6.45) is 2.41. The molecule has 0 saturated carbocycles. The maximum absolute atomic E-state index is 11.8. The molecule has 0 fully saturated rings. The monoisotopic (exact) mass is 285 g/mol. The first-order valence-electron chi connectivity index (χ1n) is 5.96. The second kappa shape index (κ2) is 7.06. The summed E-state index contributed by atoms with van der Waals surface area (Å²) in [5.41, 5.74) is 5.91. The molecule has 1 aromatic carbocycles. The molecule has 1 amide bonds. The standard InChI is InChI=1S/C12H16ClN3O3/c1-2-3-4-10(14)12(17)15-11-6-5-8(16(18)19)7-9(11)13/h5-7,10H,2-4,14H2,1H3,(H,15,17)/t10-/m0/s1. The third-order valence-corrected chi connectivity index (χ3v) is 2.94. The molecule has 7 heteroatoms. The average Bonchev–Trinajstić information content (AvgIpc) is 2.37. The van der Waals surface area contributed by atoms with Gasteiger partial charge in [-0.25, -0.2) is 0 Å². The Labute approximate surface area is 116 Å². The molecule has 6 nitrogen and oxygen atoms in total. The zero-order valence-corrected chi connectivity index (χ0v) is 11.3. The van der Waals surface area contributed by atoms with E-state index in [1.54, 1.807) is 0 Å². The fourth-order valence-electron chi connectivity index (χ4n) is 1.50. The number of anilines is 1. The van der Waals surface area contributed by atoms with Crippen molar-refractivity contribution in [3.05, 3.63) is 33.3 Å². The van der Waals surface area contributed by atoms with Crippen LogP contribution < -0.4 is 11.1 Å². The Bertz CT molecular complexity index is 479. The van der Waals surface area contributed by atoms with Crippen LogP contribution in [0.1, 0.15) is 26.2 Å². The van der Waals surface area contributed by atoms with Crippen LogP contribution in [0.4, 0.5) is 11.4 Å². The number of nitro groups is 1. The second-order valence-electron chi connectivity index (χ2n) is 4.16. The van der Waals surface area contributed by atoms with Gasteiger partial charge in [0, 0.05) is 12.1 Å². The third kappa shape index (κ3) is 4.50. The van der Waals surface area contributed by atoms with Gasteiger partial charge in [0.05, 0.1) is 21.7 Å². The number of amides is 1. The molecular weight excluding hydrogens is 270 g/mol. The highest BCUT2D eigenvalue weighted by molar-refractivity contribution is 6.34. The Morgan fingerprint density at radius 1 is 1.58 bits per heavy atom. The van der Waals surface area contributed by atoms with Crippen molar-refractivity contribution in [1.29, 1.82) is 0 Å². The van der Waals surface area contributed by atoms with Gasteiger partial charge < -0.3 is 11.1 Å². The largest absolute Gasteiger partial charge is 0.323 e. The molecule has 0 spiro atoms. The molecule has 1 aromatic rings. The SMILES string of the molecule is CCCC[C@H](N)C(=O)Nc1ccc([N+](=O)[O-])cc1Cl. The normalized spacial score (nSPS) is 11.9. The van der Waals surface area contributed by atoms with E-state index in [0.29, 0.717) is 12.1 Å². The minimum atomic E-state index is -0.605. The fraction of sp³-hybridized carbons (Fsp3) is 0.417. The number of unbranched alkanes of at least 4 members (excludes halogenated alkanes) is 1. The van der Waals surface area contributed by atoms with E-state index < -0.39 is 11.0 Å². The number of nitrogens with two attached hydrogens (primary N) is 1. The van der Waals surface area contributed by atoms with Crippen molar-refractivity contribution in [2.24, 2.45) is 5.73 Å². The number of nitrogens with zero attached hydrogens (tertiary/aromatic N) is 1. The van der Waals surface area contributed by atoms with Crippen LogP contribution in [0.5, 0.6) is 0 Å². The van der Waals surface area contributed by atoms with E-state index in [2.05, 4.69) is 5.32 Å². The summed E-state index contributed by atoms with van der Waals surface area (Å²) in [5.74, 6) is -0.343. The molecule has 0 heterocycles. The van der Waals surface area contributed by atoms with Gasteiger partial charge >= 0.3 is 0 Å². The van der Waals surface area contributed by atoms with Crippen molar-refractivity contribution in [3.8, 4) is 0 Å². The topological polar surface area (TPSA) is 98.3 Å². The lowest BCUT2D eigenvalue weighted by atomic mass is 10.1. The lowest BCUT2D eigenvalue weighted by Crippen LogP contribution is -2.35. The lowest BCUT2D eigenvalue weighted by molar-refractivity contribution is -0.384. The second-order valence-corrected chi connectivity index (χ2v) is 4.57. The molecule has 1 atom stereocenters. The van der Waals surface area contributed by atoms with Crippen LogP contribution in [-0.4, -0.2) is 16.9 Å². The van der Waals surface area contributed by atoms with Crippen molar-refractivity contribution in [3.63, 3.8) is 0 Å². The number of carbonyl (C=O) groups excluding carboxylic acids is 1. The Morgan fingerprint density at radius 2 is 2.26 bits per heavy atom. The van der Waals surface area contributed by atoms with E-state index in [0.717, 1.165) is 12.8 Å². The molecule has 0 unspecified atom stereocenters. The molecule has 19 heavy (non-hydrogen) atoms. The first kappa shape index (κ1) is 15.4. The van der Waals surface area contributed by atoms with Crippen molar-refractivity contribution < 1.29 is 9.72 Å². The summed E-state index contributed by atoms with van der Waals surface area (Å²) >= 11 is 5.87. The number of carbonyl (C=O) groups is 1. The van der Waals surface area contributed by atoms with Gasteiger partial charge in [0.1, 0.15) is 0 Å². The summed E-state index contributed by atoms with van der Waals surface area (Å²) in [6.45, 7) is 2.01. The number of nitrogens with one attached hydrogen (secondary N) is 1. The number of hydrogen-bond donors (Lipinski definition) is 2. The number of halogens is 1. The third-order valence-electron chi connectivity index (χ3n) is 2.63. The Morgan fingerprint density at radius 3 is 2.79 bits per heavy atom. The average molecular weight is 286 g/mol. The molecule has 0 saturated heterocycles. The zero-order chi connectivity index (χ0) is 14.4. The zero-order valence-electron chi connectivity index (χ0n) is 10.6. The predicted octanol–water partition coefficient (Wildman–Crippen LogP) is 2.70. The molecule has 0 aliphatic carbocycles. The van der Waals surface area contributed by atoms with Gasteiger partial charge in [0.2, 0.25) is 5.91 Å². The molecule has 0 radical (unpaired) electrons. The minimum Gasteiger partial charge on any atom is -0.323 e. The highest BCUT2D eigenvalue weighted by Gasteiger charge is 2.16. The molecule has 0 aliphatic heterocycles. The van der Waals surface area contributed by atoms with E-state index in [9.17, 15) is 14.9 Å². The van der Waals surface area contributed by atoms with Crippen LogP contribution in [-0.2, 0) is 4.79 Å². The summed E-state index contributed by atoms with van der Waals surface area (Å²) in [5, 5.41) is 13.2. The number of benzene rings is 1. The number of nitro benzene ring substituents is 1. The van der Waals surface area contributed by atoms with Crippen LogP contribution in [0, 0.1) is 10.1 Å². The van der Waals surface area contributed by atoms with Crippen LogP contribution in [0.25, 0.3) is 0 Å². The van der Waals surface area contributed by atoms with Crippen molar-refractivity contribution >= 4 is 28.9 Å². The van der Waals surface area contributed by atoms with Gasteiger partial charge in [-0.3, -0.25) is 14.9 Å². The number of non-ortho nitro benzene ring substituents is 1. The molecule has 3 N–H and O–H groups in total.